The van der Waals surface area contributed by atoms with Gasteiger partial charge in [-0.25, -0.2) is 23.7 Å². The van der Waals surface area contributed by atoms with Crippen molar-refractivity contribution in [2.45, 2.75) is 50.2 Å². The molecule has 4 heterocycles. The van der Waals surface area contributed by atoms with Crippen molar-refractivity contribution >= 4 is 33.6 Å². The Morgan fingerprint density at radius 3 is 2.74 bits per heavy atom. The lowest BCUT2D eigenvalue weighted by atomic mass is 9.90. The van der Waals surface area contributed by atoms with Crippen LogP contribution in [0.2, 0.25) is 0 Å². The fraction of sp³-hybridized carbons (Fsp3) is 0.375. The number of anilines is 2. The molecule has 9 nitrogen and oxygen atoms in total. The molecule has 1 aromatic carbocycles. The second-order valence-corrected chi connectivity index (χ2v) is 9.51. The summed E-state index contributed by atoms with van der Waals surface area (Å²) in [6, 6.07) is 6.82. The molecule has 6 N–H and O–H groups in total. The number of rotatable bonds is 3. The maximum absolute atomic E-state index is 14.7. The number of ether oxygens (including phenoxy) is 1. The predicted molar refractivity (Wildman–Crippen MR) is 124 cm³/mol. The van der Waals surface area contributed by atoms with Crippen LogP contribution in [-0.4, -0.2) is 47.5 Å². The lowest BCUT2D eigenvalue weighted by Crippen LogP contribution is -2.45. The highest BCUT2D eigenvalue weighted by Crippen LogP contribution is 2.51. The Balaban J connectivity index is 1.32. The van der Waals surface area contributed by atoms with E-state index < -0.39 is 35.7 Å². The number of benzene rings is 1. The third kappa shape index (κ3) is 3.26. The third-order valence-electron chi connectivity index (χ3n) is 7.31. The van der Waals surface area contributed by atoms with Gasteiger partial charge in [0, 0.05) is 11.6 Å². The minimum atomic E-state index is -1.50. The van der Waals surface area contributed by atoms with Crippen LogP contribution in [0.25, 0.3) is 21.9 Å². The van der Waals surface area contributed by atoms with Crippen molar-refractivity contribution in [2.24, 2.45) is 5.92 Å². The van der Waals surface area contributed by atoms with Crippen molar-refractivity contribution in [3.05, 3.63) is 53.5 Å². The summed E-state index contributed by atoms with van der Waals surface area (Å²) in [7, 11) is 0. The first-order chi connectivity index (χ1) is 16.7. The van der Waals surface area contributed by atoms with Crippen LogP contribution < -0.4 is 11.5 Å². The number of aliphatic hydroxyl groups is 2. The number of nitrogen functional groups attached to an aromatic ring is 2. The molecule has 0 unspecified atom stereocenters. The molecular formula is C24H24F2N6O3. The highest BCUT2D eigenvalue weighted by atomic mass is 19.1. The molecule has 0 amide bonds. The van der Waals surface area contributed by atoms with E-state index >= 15 is 0 Å². The number of hydrogen-bond donors (Lipinski definition) is 4. The van der Waals surface area contributed by atoms with E-state index in [4.69, 9.17) is 16.2 Å². The summed E-state index contributed by atoms with van der Waals surface area (Å²) < 4.78 is 36.0. The number of aromatic nitrogens is 4. The Kier molecular flexibility index (Phi) is 4.76. The molecular weight excluding hydrogens is 458 g/mol. The maximum atomic E-state index is 14.7. The Morgan fingerprint density at radius 1 is 1.14 bits per heavy atom. The number of nitrogens with two attached hydrogens (primary N) is 2. The topological polar surface area (TPSA) is 145 Å². The minimum absolute atomic E-state index is 0.00143. The molecule has 1 aliphatic carbocycles. The fourth-order valence-electron chi connectivity index (χ4n) is 5.63. The van der Waals surface area contributed by atoms with E-state index in [0.29, 0.717) is 36.0 Å². The highest BCUT2D eigenvalue weighted by molar-refractivity contribution is 5.87. The van der Waals surface area contributed by atoms with Crippen molar-refractivity contribution in [3.63, 3.8) is 0 Å². The second-order valence-electron chi connectivity index (χ2n) is 9.51. The third-order valence-corrected chi connectivity index (χ3v) is 7.31. The molecule has 1 saturated heterocycles. The van der Waals surface area contributed by atoms with Gasteiger partial charge in [0.25, 0.3) is 0 Å². The van der Waals surface area contributed by atoms with E-state index in [2.05, 4.69) is 15.0 Å². The van der Waals surface area contributed by atoms with Gasteiger partial charge in [0.05, 0.1) is 17.0 Å². The molecule has 2 fully saturated rings. The number of aliphatic hydroxyl groups excluding tert-OH is 1. The maximum Gasteiger partial charge on any atom is 0.165 e. The first-order valence-corrected chi connectivity index (χ1v) is 11.4. The average molecular weight is 482 g/mol. The summed E-state index contributed by atoms with van der Waals surface area (Å²) in [4.78, 5) is 12.4. The van der Waals surface area contributed by atoms with E-state index in [0.717, 1.165) is 5.56 Å². The molecule has 2 aliphatic rings. The minimum Gasteiger partial charge on any atom is -0.385 e. The van der Waals surface area contributed by atoms with Crippen molar-refractivity contribution in [1.29, 1.82) is 0 Å². The van der Waals surface area contributed by atoms with E-state index in [1.165, 1.54) is 16.8 Å². The average Bonchev–Trinajstić information content (AvgIpc) is 3.38. The lowest BCUT2D eigenvalue weighted by molar-refractivity contribution is -0.0675. The smallest absolute Gasteiger partial charge is 0.165 e. The quantitative estimate of drug-likeness (QED) is 0.348. The molecule has 5 atom stereocenters. The van der Waals surface area contributed by atoms with Crippen LogP contribution in [0.4, 0.5) is 20.4 Å². The van der Waals surface area contributed by atoms with Crippen LogP contribution in [-0.2, 0) is 11.2 Å². The number of pyridine rings is 1. The zero-order valence-electron chi connectivity index (χ0n) is 18.8. The lowest BCUT2D eigenvalue weighted by Gasteiger charge is -2.26. The largest absolute Gasteiger partial charge is 0.385 e. The Bertz CT molecular complexity index is 1490. The Labute approximate surface area is 198 Å². The van der Waals surface area contributed by atoms with Gasteiger partial charge in [0.1, 0.15) is 23.3 Å². The van der Waals surface area contributed by atoms with Gasteiger partial charge in [-0.2, -0.15) is 0 Å². The SMILES string of the molecule is Cc1nc(N)c2c(F)cn([C@@H]3O[C@@H]4[C@H](Cc5ccc6cc(F)c(N)nc6c5)CC[C@]4(O)[C@H]3O)c2n1. The normalized spacial score (nSPS) is 28.3. The first kappa shape index (κ1) is 22.1. The summed E-state index contributed by atoms with van der Waals surface area (Å²) in [5.74, 6) is -1.14. The number of nitrogens with zero attached hydrogens (tertiary/aromatic N) is 4. The summed E-state index contributed by atoms with van der Waals surface area (Å²) in [5, 5.41) is 23.2. The Morgan fingerprint density at radius 2 is 1.94 bits per heavy atom. The van der Waals surface area contributed by atoms with Crippen molar-refractivity contribution in [3.8, 4) is 0 Å². The summed E-state index contributed by atoms with van der Waals surface area (Å²) >= 11 is 0. The van der Waals surface area contributed by atoms with Crippen molar-refractivity contribution < 1.29 is 23.7 Å². The van der Waals surface area contributed by atoms with Gasteiger partial charge in [-0.1, -0.05) is 12.1 Å². The van der Waals surface area contributed by atoms with Gasteiger partial charge >= 0.3 is 0 Å². The Hall–Kier alpha value is -3.41. The molecule has 35 heavy (non-hydrogen) atoms. The number of aryl methyl sites for hydroxylation is 1. The fourth-order valence-corrected chi connectivity index (χ4v) is 5.63. The van der Waals surface area contributed by atoms with Crippen molar-refractivity contribution in [2.75, 3.05) is 11.5 Å². The summed E-state index contributed by atoms with van der Waals surface area (Å²) in [6.07, 6.45) is -0.388. The zero-order chi connectivity index (χ0) is 24.6. The molecule has 4 aromatic rings. The van der Waals surface area contributed by atoms with E-state index in [-0.39, 0.29) is 28.6 Å². The monoisotopic (exact) mass is 482 g/mol. The van der Waals surface area contributed by atoms with Crippen LogP contribution in [0.3, 0.4) is 0 Å². The summed E-state index contributed by atoms with van der Waals surface area (Å²) in [6.45, 7) is 1.63. The molecule has 0 bridgehead atoms. The molecule has 1 saturated carbocycles. The van der Waals surface area contributed by atoms with E-state index in [1.807, 2.05) is 12.1 Å². The van der Waals surface area contributed by atoms with Crippen molar-refractivity contribution in [1.82, 2.24) is 19.5 Å². The van der Waals surface area contributed by atoms with Crippen LogP contribution in [0.5, 0.6) is 0 Å². The van der Waals surface area contributed by atoms with Gasteiger partial charge in [-0.15, -0.1) is 0 Å². The molecule has 6 rings (SSSR count). The van der Waals surface area contributed by atoms with Crippen LogP contribution in [0.15, 0.2) is 30.5 Å². The predicted octanol–water partition coefficient (Wildman–Crippen LogP) is 2.37. The van der Waals surface area contributed by atoms with Gasteiger partial charge in [0.2, 0.25) is 0 Å². The number of fused-ring (bicyclic) bond motifs is 3. The first-order valence-electron chi connectivity index (χ1n) is 11.4. The second kappa shape index (κ2) is 7.54. The highest BCUT2D eigenvalue weighted by Gasteiger charge is 2.61. The number of halogens is 2. The van der Waals surface area contributed by atoms with Gasteiger partial charge < -0.3 is 31.0 Å². The van der Waals surface area contributed by atoms with Crippen LogP contribution in [0, 0.1) is 24.5 Å². The molecule has 182 valence electrons. The van der Waals surface area contributed by atoms with Gasteiger partial charge in [-0.05, 0) is 49.8 Å². The standard InChI is InChI=1S/C24H24F2N6O3/c1-10-29-21(28)17-15(26)9-32(22(17)30-10)23-18(33)24(34)5-4-13(19(24)35-23)6-11-2-3-12-8-14(25)20(27)31-16(12)7-11/h2-3,7-9,13,18-19,23,33-34H,4-6H2,1H3,(H2,27,31)(H2,28,29,30)/t13-,18-,19+,23+,24-/m0/s1. The molecule has 11 heteroatoms. The molecule has 3 aromatic heterocycles. The molecule has 0 radical (unpaired) electrons. The van der Waals surface area contributed by atoms with Crippen LogP contribution in [0.1, 0.15) is 30.5 Å². The zero-order valence-corrected chi connectivity index (χ0v) is 18.8. The van der Waals surface area contributed by atoms with E-state index in [9.17, 15) is 19.0 Å². The van der Waals surface area contributed by atoms with Gasteiger partial charge in [-0.3, -0.25) is 0 Å². The number of hydrogen-bond acceptors (Lipinski definition) is 8. The molecule has 0 spiro atoms. The van der Waals surface area contributed by atoms with Gasteiger partial charge in [0.15, 0.2) is 29.3 Å². The summed E-state index contributed by atoms with van der Waals surface area (Å²) in [5.41, 5.74) is 11.7. The van der Waals surface area contributed by atoms with Crippen LogP contribution >= 0.6 is 0 Å². The molecule has 1 aliphatic heterocycles. The van der Waals surface area contributed by atoms with E-state index in [1.54, 1.807) is 13.0 Å².